The second-order valence-electron chi connectivity index (χ2n) is 5.71. The highest BCUT2D eigenvalue weighted by Crippen LogP contribution is 2.23. The van der Waals surface area contributed by atoms with Gasteiger partial charge >= 0.3 is 0 Å². The Morgan fingerprint density at radius 2 is 1.74 bits per heavy atom. The molecule has 0 saturated carbocycles. The van der Waals surface area contributed by atoms with Crippen LogP contribution >= 0.6 is 0 Å². The number of allylic oxidation sites excluding steroid dienone is 1. The number of rotatable bonds is 5. The summed E-state index contributed by atoms with van der Waals surface area (Å²) in [6, 6.07) is 18.7. The molecule has 0 spiro atoms. The second kappa shape index (κ2) is 7.84. The molecule has 2 aromatic rings. The standard InChI is InChI=1S/C20H24N2O/c1-2-20(22-14-12-21-13-15-22)18-8-10-19(11-9-18)23-16-17-6-4-3-5-7-17/h2-11,21H,12-16H2,1H3. The minimum Gasteiger partial charge on any atom is -0.489 e. The van der Waals surface area contributed by atoms with Crippen LogP contribution in [0.1, 0.15) is 18.1 Å². The first-order valence-corrected chi connectivity index (χ1v) is 8.26. The third kappa shape index (κ3) is 4.14. The maximum Gasteiger partial charge on any atom is 0.119 e. The van der Waals surface area contributed by atoms with Gasteiger partial charge in [-0.2, -0.15) is 0 Å². The number of nitrogens with one attached hydrogen (secondary N) is 1. The van der Waals surface area contributed by atoms with Crippen LogP contribution in [0, 0.1) is 0 Å². The van der Waals surface area contributed by atoms with Gasteiger partial charge in [0.05, 0.1) is 0 Å². The van der Waals surface area contributed by atoms with E-state index in [2.05, 4.69) is 59.6 Å². The van der Waals surface area contributed by atoms with E-state index in [1.54, 1.807) is 0 Å². The van der Waals surface area contributed by atoms with Crippen molar-refractivity contribution in [2.75, 3.05) is 26.2 Å². The van der Waals surface area contributed by atoms with Gasteiger partial charge in [0, 0.05) is 31.9 Å². The quantitative estimate of drug-likeness (QED) is 0.914. The summed E-state index contributed by atoms with van der Waals surface area (Å²) in [6.07, 6.45) is 2.20. The Labute approximate surface area is 138 Å². The maximum atomic E-state index is 5.86. The fraction of sp³-hybridized carbons (Fsp3) is 0.300. The second-order valence-corrected chi connectivity index (χ2v) is 5.71. The van der Waals surface area contributed by atoms with E-state index in [1.165, 1.54) is 16.8 Å². The number of benzene rings is 2. The third-order valence-corrected chi connectivity index (χ3v) is 4.13. The fourth-order valence-electron chi connectivity index (χ4n) is 2.90. The molecule has 1 fully saturated rings. The Morgan fingerprint density at radius 3 is 2.39 bits per heavy atom. The Kier molecular flexibility index (Phi) is 5.33. The SMILES string of the molecule is CC=C(c1ccc(OCc2ccccc2)cc1)N1CCNCC1. The van der Waals surface area contributed by atoms with Crippen molar-refractivity contribution in [3.8, 4) is 5.75 Å². The lowest BCUT2D eigenvalue weighted by Crippen LogP contribution is -2.42. The molecule has 0 aliphatic carbocycles. The zero-order chi connectivity index (χ0) is 15.9. The van der Waals surface area contributed by atoms with E-state index in [1.807, 2.05) is 18.2 Å². The van der Waals surface area contributed by atoms with Crippen LogP contribution < -0.4 is 10.1 Å². The van der Waals surface area contributed by atoms with Crippen molar-refractivity contribution in [3.63, 3.8) is 0 Å². The molecule has 1 aliphatic heterocycles. The molecule has 1 saturated heterocycles. The van der Waals surface area contributed by atoms with E-state index in [9.17, 15) is 0 Å². The summed E-state index contributed by atoms with van der Waals surface area (Å²) in [5, 5.41) is 3.40. The van der Waals surface area contributed by atoms with Crippen LogP contribution in [0.5, 0.6) is 5.75 Å². The molecule has 0 atom stereocenters. The van der Waals surface area contributed by atoms with Crippen LogP contribution in [0.25, 0.3) is 5.70 Å². The summed E-state index contributed by atoms with van der Waals surface area (Å²) in [6.45, 7) is 6.94. The Bertz CT molecular complexity index is 628. The van der Waals surface area contributed by atoms with E-state index in [4.69, 9.17) is 4.74 Å². The van der Waals surface area contributed by atoms with Crippen LogP contribution in [0.2, 0.25) is 0 Å². The first kappa shape index (κ1) is 15.6. The average Bonchev–Trinajstić information content (AvgIpc) is 2.63. The van der Waals surface area contributed by atoms with Gasteiger partial charge in [0.1, 0.15) is 12.4 Å². The lowest BCUT2D eigenvalue weighted by molar-refractivity contribution is 0.306. The van der Waals surface area contributed by atoms with Crippen molar-refractivity contribution in [1.82, 2.24) is 10.2 Å². The van der Waals surface area contributed by atoms with Gasteiger partial charge in [0.25, 0.3) is 0 Å². The summed E-state index contributed by atoms with van der Waals surface area (Å²) < 4.78 is 5.86. The molecule has 3 rings (SSSR count). The monoisotopic (exact) mass is 308 g/mol. The van der Waals surface area contributed by atoms with Gasteiger partial charge in [-0.15, -0.1) is 0 Å². The van der Waals surface area contributed by atoms with Crippen molar-refractivity contribution in [2.45, 2.75) is 13.5 Å². The number of hydrogen-bond acceptors (Lipinski definition) is 3. The van der Waals surface area contributed by atoms with Gasteiger partial charge in [-0.3, -0.25) is 0 Å². The van der Waals surface area contributed by atoms with E-state index >= 15 is 0 Å². The number of nitrogens with zero attached hydrogens (tertiary/aromatic N) is 1. The van der Waals surface area contributed by atoms with Crippen molar-refractivity contribution in [1.29, 1.82) is 0 Å². The number of piperazine rings is 1. The summed E-state index contributed by atoms with van der Waals surface area (Å²) in [5.74, 6) is 0.911. The molecule has 0 radical (unpaired) electrons. The molecule has 3 nitrogen and oxygen atoms in total. The van der Waals surface area contributed by atoms with E-state index in [-0.39, 0.29) is 0 Å². The molecule has 1 N–H and O–H groups in total. The van der Waals surface area contributed by atoms with Gasteiger partial charge in [-0.05, 0) is 42.3 Å². The van der Waals surface area contributed by atoms with E-state index in [0.29, 0.717) is 6.61 Å². The molecule has 120 valence electrons. The maximum absolute atomic E-state index is 5.86. The smallest absolute Gasteiger partial charge is 0.119 e. The van der Waals surface area contributed by atoms with Crippen molar-refractivity contribution in [3.05, 3.63) is 71.8 Å². The highest BCUT2D eigenvalue weighted by atomic mass is 16.5. The van der Waals surface area contributed by atoms with Gasteiger partial charge in [-0.1, -0.05) is 36.4 Å². The van der Waals surface area contributed by atoms with Crippen LogP contribution in [-0.2, 0) is 6.61 Å². The minimum absolute atomic E-state index is 0.606. The Hall–Kier alpha value is -2.26. The molecule has 23 heavy (non-hydrogen) atoms. The van der Waals surface area contributed by atoms with Crippen LogP contribution in [-0.4, -0.2) is 31.1 Å². The largest absolute Gasteiger partial charge is 0.489 e. The summed E-state index contributed by atoms with van der Waals surface area (Å²) in [4.78, 5) is 2.44. The summed E-state index contributed by atoms with van der Waals surface area (Å²) in [5.41, 5.74) is 3.74. The Balaban J connectivity index is 1.64. The predicted octanol–water partition coefficient (Wildman–Crippen LogP) is 3.53. The molecule has 0 aromatic heterocycles. The zero-order valence-electron chi connectivity index (χ0n) is 13.7. The van der Waals surface area contributed by atoms with Gasteiger partial charge in [-0.25, -0.2) is 0 Å². The molecule has 1 aliphatic rings. The topological polar surface area (TPSA) is 24.5 Å². The average molecular weight is 308 g/mol. The highest BCUT2D eigenvalue weighted by molar-refractivity contribution is 5.64. The summed E-state index contributed by atoms with van der Waals surface area (Å²) >= 11 is 0. The first-order valence-electron chi connectivity index (χ1n) is 8.26. The highest BCUT2D eigenvalue weighted by Gasteiger charge is 2.13. The first-order chi connectivity index (χ1) is 11.4. The molecule has 0 unspecified atom stereocenters. The van der Waals surface area contributed by atoms with E-state index < -0.39 is 0 Å². The molecular weight excluding hydrogens is 284 g/mol. The molecular formula is C20H24N2O. The molecule has 2 aromatic carbocycles. The normalized spacial score (nSPS) is 15.5. The fourth-order valence-corrected chi connectivity index (χ4v) is 2.90. The molecule has 0 bridgehead atoms. The zero-order valence-corrected chi connectivity index (χ0v) is 13.7. The Morgan fingerprint density at radius 1 is 1.04 bits per heavy atom. The summed E-state index contributed by atoms with van der Waals surface area (Å²) in [7, 11) is 0. The lowest BCUT2D eigenvalue weighted by atomic mass is 10.1. The van der Waals surface area contributed by atoms with Gasteiger partial charge in [0.2, 0.25) is 0 Å². The third-order valence-electron chi connectivity index (χ3n) is 4.13. The van der Waals surface area contributed by atoms with Crippen molar-refractivity contribution >= 4 is 5.70 Å². The van der Waals surface area contributed by atoms with Crippen LogP contribution in [0.4, 0.5) is 0 Å². The van der Waals surface area contributed by atoms with Crippen LogP contribution in [0.15, 0.2) is 60.7 Å². The number of hydrogen-bond donors (Lipinski definition) is 1. The van der Waals surface area contributed by atoms with Crippen molar-refractivity contribution < 1.29 is 4.74 Å². The minimum atomic E-state index is 0.606. The molecule has 3 heteroatoms. The molecule has 1 heterocycles. The lowest BCUT2D eigenvalue weighted by Gasteiger charge is -2.31. The van der Waals surface area contributed by atoms with Gasteiger partial charge in [0.15, 0.2) is 0 Å². The van der Waals surface area contributed by atoms with Crippen molar-refractivity contribution in [2.24, 2.45) is 0 Å². The predicted molar refractivity (Wildman–Crippen MR) is 95.3 cm³/mol. The molecule has 0 amide bonds. The van der Waals surface area contributed by atoms with Gasteiger partial charge < -0.3 is 15.0 Å². The number of ether oxygens (including phenoxy) is 1. The van der Waals surface area contributed by atoms with E-state index in [0.717, 1.165) is 31.9 Å². The van der Waals surface area contributed by atoms with Crippen LogP contribution in [0.3, 0.4) is 0 Å².